The normalized spacial score (nSPS) is 12.2. The lowest BCUT2D eigenvalue weighted by Gasteiger charge is -2.24. The van der Waals surface area contributed by atoms with Crippen LogP contribution in [0.1, 0.15) is 51.9 Å². The molecule has 0 atom stereocenters. The van der Waals surface area contributed by atoms with E-state index >= 15 is 0 Å². The first-order chi connectivity index (χ1) is 8.46. The maximum atomic E-state index is 11.3. The number of halogens is 1. The van der Waals surface area contributed by atoms with E-state index in [1.54, 1.807) is 18.2 Å². The molecular formula is C15H21ClO3. The molecule has 19 heavy (non-hydrogen) atoms. The standard InChI is InChI=1S/C15H21ClO3/c1-14(2,3)18-11-7-10(13(16)17)8-12(9-11)19-15(4,5)6/h7-9H,1-6H3. The van der Waals surface area contributed by atoms with Gasteiger partial charge in [-0.3, -0.25) is 4.79 Å². The Labute approximate surface area is 119 Å². The van der Waals surface area contributed by atoms with Crippen LogP contribution in [0, 0.1) is 0 Å². The third-order valence-corrected chi connectivity index (χ3v) is 2.17. The van der Waals surface area contributed by atoms with Crippen molar-refractivity contribution < 1.29 is 14.3 Å². The van der Waals surface area contributed by atoms with Gasteiger partial charge in [0, 0.05) is 11.6 Å². The molecule has 0 bridgehead atoms. The van der Waals surface area contributed by atoms with Crippen molar-refractivity contribution in [3.8, 4) is 11.5 Å². The van der Waals surface area contributed by atoms with E-state index in [1.165, 1.54) is 0 Å². The molecule has 4 heteroatoms. The van der Waals surface area contributed by atoms with Gasteiger partial charge in [-0.25, -0.2) is 0 Å². The van der Waals surface area contributed by atoms with E-state index in [0.29, 0.717) is 17.1 Å². The molecule has 106 valence electrons. The maximum absolute atomic E-state index is 11.3. The van der Waals surface area contributed by atoms with Crippen LogP contribution in [0.4, 0.5) is 0 Å². The van der Waals surface area contributed by atoms with Gasteiger partial charge < -0.3 is 9.47 Å². The van der Waals surface area contributed by atoms with Crippen molar-refractivity contribution in [2.24, 2.45) is 0 Å². The van der Waals surface area contributed by atoms with Gasteiger partial charge in [-0.2, -0.15) is 0 Å². The molecule has 0 spiro atoms. The SMILES string of the molecule is CC(C)(C)Oc1cc(OC(C)(C)C)cc(C(=O)Cl)c1. The van der Waals surface area contributed by atoms with Crippen molar-refractivity contribution in [1.82, 2.24) is 0 Å². The second-order valence-electron chi connectivity index (χ2n) is 6.40. The van der Waals surface area contributed by atoms with Gasteiger partial charge in [0.25, 0.3) is 5.24 Å². The van der Waals surface area contributed by atoms with Crippen LogP contribution < -0.4 is 9.47 Å². The van der Waals surface area contributed by atoms with Gasteiger partial charge in [0.1, 0.15) is 22.7 Å². The Bertz CT molecular complexity index is 433. The number of ether oxygens (including phenoxy) is 2. The van der Waals surface area contributed by atoms with Crippen LogP contribution in [0.3, 0.4) is 0 Å². The quantitative estimate of drug-likeness (QED) is 0.771. The van der Waals surface area contributed by atoms with Gasteiger partial charge in [0.05, 0.1) is 0 Å². The third kappa shape index (κ3) is 5.97. The molecule has 0 aliphatic carbocycles. The number of hydrogen-bond donors (Lipinski definition) is 0. The first-order valence-corrected chi connectivity index (χ1v) is 6.57. The summed E-state index contributed by atoms with van der Waals surface area (Å²) in [6.07, 6.45) is 0. The zero-order valence-electron chi connectivity index (χ0n) is 12.3. The Morgan fingerprint density at radius 1 is 0.895 bits per heavy atom. The van der Waals surface area contributed by atoms with Gasteiger partial charge in [0.15, 0.2) is 0 Å². The fourth-order valence-electron chi connectivity index (χ4n) is 1.51. The number of carbonyl (C=O) groups is 1. The van der Waals surface area contributed by atoms with Crippen LogP contribution >= 0.6 is 11.6 Å². The highest BCUT2D eigenvalue weighted by molar-refractivity contribution is 6.67. The molecule has 0 aliphatic heterocycles. The molecule has 0 amide bonds. The second-order valence-corrected chi connectivity index (χ2v) is 6.74. The van der Waals surface area contributed by atoms with E-state index < -0.39 is 5.24 Å². The maximum Gasteiger partial charge on any atom is 0.252 e. The Morgan fingerprint density at radius 2 is 1.26 bits per heavy atom. The molecule has 1 aromatic carbocycles. The lowest BCUT2D eigenvalue weighted by molar-refractivity contribution is 0.106. The van der Waals surface area contributed by atoms with Crippen molar-refractivity contribution in [2.75, 3.05) is 0 Å². The van der Waals surface area contributed by atoms with Crippen LogP contribution in [0.2, 0.25) is 0 Å². The van der Waals surface area contributed by atoms with Crippen LogP contribution in [0.25, 0.3) is 0 Å². The van der Waals surface area contributed by atoms with Crippen molar-refractivity contribution in [2.45, 2.75) is 52.7 Å². The summed E-state index contributed by atoms with van der Waals surface area (Å²) in [5, 5.41) is -0.530. The summed E-state index contributed by atoms with van der Waals surface area (Å²) < 4.78 is 11.5. The van der Waals surface area contributed by atoms with E-state index in [1.807, 2.05) is 41.5 Å². The van der Waals surface area contributed by atoms with E-state index in [-0.39, 0.29) is 11.2 Å². The Hall–Kier alpha value is -1.22. The Morgan fingerprint density at radius 3 is 1.53 bits per heavy atom. The number of hydrogen-bond acceptors (Lipinski definition) is 3. The molecule has 0 aliphatic rings. The van der Waals surface area contributed by atoms with Gasteiger partial charge in [0.2, 0.25) is 0 Å². The fourth-order valence-corrected chi connectivity index (χ4v) is 1.62. The molecule has 1 rings (SSSR count). The highest BCUT2D eigenvalue weighted by atomic mass is 35.5. The first-order valence-electron chi connectivity index (χ1n) is 6.19. The number of carbonyl (C=O) groups excluding carboxylic acids is 1. The average Bonchev–Trinajstić information content (AvgIpc) is 2.10. The molecule has 0 fully saturated rings. The predicted octanol–water partition coefficient (Wildman–Crippen LogP) is 4.42. The lowest BCUT2D eigenvalue weighted by Crippen LogP contribution is -2.24. The van der Waals surface area contributed by atoms with Crippen molar-refractivity contribution in [1.29, 1.82) is 0 Å². The molecule has 0 saturated heterocycles. The third-order valence-electron chi connectivity index (χ3n) is 1.96. The minimum absolute atomic E-state index is 0.354. The summed E-state index contributed by atoms with van der Waals surface area (Å²) in [6, 6.07) is 5.01. The number of benzene rings is 1. The molecule has 0 N–H and O–H groups in total. The molecule has 0 saturated carbocycles. The molecule has 3 nitrogen and oxygen atoms in total. The molecule has 0 heterocycles. The summed E-state index contributed by atoms with van der Waals surface area (Å²) in [4.78, 5) is 11.3. The molecular weight excluding hydrogens is 264 g/mol. The van der Waals surface area contributed by atoms with E-state index in [4.69, 9.17) is 21.1 Å². The van der Waals surface area contributed by atoms with Gasteiger partial charge in [-0.15, -0.1) is 0 Å². The minimum Gasteiger partial charge on any atom is -0.488 e. The zero-order chi connectivity index (χ0) is 14.8. The van der Waals surface area contributed by atoms with Crippen LogP contribution in [-0.2, 0) is 0 Å². The van der Waals surface area contributed by atoms with Crippen LogP contribution in [-0.4, -0.2) is 16.4 Å². The van der Waals surface area contributed by atoms with Crippen LogP contribution in [0.15, 0.2) is 18.2 Å². The van der Waals surface area contributed by atoms with Gasteiger partial charge in [-0.05, 0) is 65.3 Å². The summed E-state index contributed by atoms with van der Waals surface area (Å²) in [5.41, 5.74) is -0.345. The fraction of sp³-hybridized carbons (Fsp3) is 0.533. The molecule has 0 radical (unpaired) electrons. The van der Waals surface area contributed by atoms with Gasteiger partial charge >= 0.3 is 0 Å². The number of rotatable bonds is 3. The highest BCUT2D eigenvalue weighted by Gasteiger charge is 2.17. The van der Waals surface area contributed by atoms with Crippen molar-refractivity contribution >= 4 is 16.8 Å². The highest BCUT2D eigenvalue weighted by Crippen LogP contribution is 2.29. The summed E-state index contributed by atoms with van der Waals surface area (Å²) in [6.45, 7) is 11.6. The molecule has 0 aromatic heterocycles. The van der Waals surface area contributed by atoms with Gasteiger partial charge in [-0.1, -0.05) is 0 Å². The van der Waals surface area contributed by atoms with Crippen molar-refractivity contribution in [3.63, 3.8) is 0 Å². The summed E-state index contributed by atoms with van der Waals surface area (Å²) in [7, 11) is 0. The smallest absolute Gasteiger partial charge is 0.252 e. The summed E-state index contributed by atoms with van der Waals surface area (Å²) >= 11 is 5.54. The molecule has 0 unspecified atom stereocenters. The van der Waals surface area contributed by atoms with E-state index in [2.05, 4.69) is 0 Å². The predicted molar refractivity (Wildman–Crippen MR) is 77.4 cm³/mol. The second kappa shape index (κ2) is 5.41. The zero-order valence-corrected chi connectivity index (χ0v) is 13.1. The summed E-state index contributed by atoms with van der Waals surface area (Å²) in [5.74, 6) is 1.14. The Kier molecular flexibility index (Phi) is 4.51. The monoisotopic (exact) mass is 284 g/mol. The topological polar surface area (TPSA) is 35.5 Å². The van der Waals surface area contributed by atoms with E-state index in [0.717, 1.165) is 0 Å². The van der Waals surface area contributed by atoms with Crippen molar-refractivity contribution in [3.05, 3.63) is 23.8 Å². The van der Waals surface area contributed by atoms with E-state index in [9.17, 15) is 4.79 Å². The Balaban J connectivity index is 3.14. The first kappa shape index (κ1) is 15.8. The average molecular weight is 285 g/mol. The molecule has 1 aromatic rings. The largest absolute Gasteiger partial charge is 0.488 e. The minimum atomic E-state index is -0.530. The van der Waals surface area contributed by atoms with Crippen LogP contribution in [0.5, 0.6) is 11.5 Å². The lowest BCUT2D eigenvalue weighted by atomic mass is 10.1.